The zero-order valence-electron chi connectivity index (χ0n) is 13.1. The first kappa shape index (κ1) is 18.9. The highest BCUT2D eigenvalue weighted by Gasteiger charge is 2.27. The van der Waals surface area contributed by atoms with Crippen LogP contribution in [-0.4, -0.2) is 19.1 Å². The predicted octanol–water partition coefficient (Wildman–Crippen LogP) is 3.93. The molecule has 0 heterocycles. The summed E-state index contributed by atoms with van der Waals surface area (Å²) in [6.45, 7) is 12.7. The Morgan fingerprint density at radius 1 is 1.00 bits per heavy atom. The molecule has 0 aromatic heterocycles. The molecule has 0 aliphatic heterocycles. The SMILES string of the molecule is CCC(C)C(CC(C)OS(=O)(=O)O)C(C)CC(C)C. The molecule has 0 amide bonds. The summed E-state index contributed by atoms with van der Waals surface area (Å²) in [6.07, 6.45) is 2.35. The van der Waals surface area contributed by atoms with Crippen molar-refractivity contribution in [1.29, 1.82) is 0 Å². The van der Waals surface area contributed by atoms with Gasteiger partial charge >= 0.3 is 10.4 Å². The third-order valence-corrected chi connectivity index (χ3v) is 4.41. The molecule has 19 heavy (non-hydrogen) atoms. The summed E-state index contributed by atoms with van der Waals surface area (Å²) in [5.74, 6) is 2.06. The van der Waals surface area contributed by atoms with Gasteiger partial charge in [-0.05, 0) is 43.4 Å². The second-order valence-corrected chi connectivity index (χ2v) is 7.27. The van der Waals surface area contributed by atoms with Gasteiger partial charge < -0.3 is 0 Å². The molecule has 4 unspecified atom stereocenters. The predicted molar refractivity (Wildman–Crippen MR) is 78.3 cm³/mol. The number of rotatable bonds is 9. The van der Waals surface area contributed by atoms with E-state index in [1.54, 1.807) is 6.92 Å². The molecule has 5 heteroatoms. The summed E-state index contributed by atoms with van der Waals surface area (Å²) in [5, 5.41) is 0. The van der Waals surface area contributed by atoms with Crippen molar-refractivity contribution in [1.82, 2.24) is 0 Å². The molecule has 0 radical (unpaired) electrons. The fraction of sp³-hybridized carbons (Fsp3) is 1.00. The molecule has 0 fully saturated rings. The van der Waals surface area contributed by atoms with Gasteiger partial charge in [-0.25, -0.2) is 4.18 Å². The summed E-state index contributed by atoms with van der Waals surface area (Å²) >= 11 is 0. The summed E-state index contributed by atoms with van der Waals surface area (Å²) in [5.41, 5.74) is 0. The minimum Gasteiger partial charge on any atom is -0.264 e. The van der Waals surface area contributed by atoms with Gasteiger partial charge in [-0.3, -0.25) is 4.55 Å². The Morgan fingerprint density at radius 2 is 1.53 bits per heavy atom. The molecular formula is C14H30O4S. The Kier molecular flexibility index (Phi) is 8.17. The maximum atomic E-state index is 10.7. The Morgan fingerprint density at radius 3 is 1.89 bits per heavy atom. The molecule has 0 saturated heterocycles. The van der Waals surface area contributed by atoms with E-state index in [2.05, 4.69) is 38.8 Å². The van der Waals surface area contributed by atoms with E-state index in [1.807, 2.05) is 0 Å². The number of hydrogen-bond acceptors (Lipinski definition) is 3. The van der Waals surface area contributed by atoms with Crippen molar-refractivity contribution in [2.75, 3.05) is 0 Å². The van der Waals surface area contributed by atoms with Gasteiger partial charge in [0.1, 0.15) is 0 Å². The van der Waals surface area contributed by atoms with Crippen LogP contribution in [0.5, 0.6) is 0 Å². The van der Waals surface area contributed by atoms with Crippen molar-refractivity contribution < 1.29 is 17.2 Å². The zero-order chi connectivity index (χ0) is 15.2. The maximum absolute atomic E-state index is 10.7. The third-order valence-electron chi connectivity index (χ3n) is 3.84. The normalized spacial score (nSPS) is 19.2. The highest BCUT2D eigenvalue weighted by Crippen LogP contribution is 2.32. The molecule has 0 aliphatic rings. The molecule has 4 nitrogen and oxygen atoms in total. The lowest BCUT2D eigenvalue weighted by molar-refractivity contribution is 0.118. The van der Waals surface area contributed by atoms with Crippen molar-refractivity contribution in [2.45, 2.75) is 66.9 Å². The summed E-state index contributed by atoms with van der Waals surface area (Å²) in [6, 6.07) is 0. The second-order valence-electron chi connectivity index (χ2n) is 6.23. The van der Waals surface area contributed by atoms with Gasteiger partial charge in [-0.2, -0.15) is 8.42 Å². The van der Waals surface area contributed by atoms with Crippen LogP contribution in [-0.2, 0) is 14.6 Å². The van der Waals surface area contributed by atoms with Crippen molar-refractivity contribution in [3.63, 3.8) is 0 Å². The van der Waals surface area contributed by atoms with E-state index in [9.17, 15) is 8.42 Å². The van der Waals surface area contributed by atoms with Crippen LogP contribution in [0.25, 0.3) is 0 Å². The highest BCUT2D eigenvalue weighted by molar-refractivity contribution is 7.80. The molecule has 0 rings (SSSR count). The first-order valence-corrected chi connectivity index (χ1v) is 8.59. The Hall–Kier alpha value is -0.130. The van der Waals surface area contributed by atoms with Crippen molar-refractivity contribution in [2.24, 2.45) is 23.7 Å². The minimum atomic E-state index is -4.35. The van der Waals surface area contributed by atoms with Gasteiger partial charge in [-0.1, -0.05) is 41.0 Å². The van der Waals surface area contributed by atoms with Gasteiger partial charge in [0.05, 0.1) is 6.10 Å². The molecule has 0 aliphatic carbocycles. The van der Waals surface area contributed by atoms with E-state index in [0.29, 0.717) is 30.1 Å². The zero-order valence-corrected chi connectivity index (χ0v) is 13.9. The topological polar surface area (TPSA) is 63.6 Å². The van der Waals surface area contributed by atoms with Gasteiger partial charge in [-0.15, -0.1) is 0 Å². The summed E-state index contributed by atoms with van der Waals surface area (Å²) < 4.78 is 34.9. The van der Waals surface area contributed by atoms with Crippen LogP contribution in [0.15, 0.2) is 0 Å². The summed E-state index contributed by atoms with van der Waals surface area (Å²) in [4.78, 5) is 0. The lowest BCUT2D eigenvalue weighted by atomic mass is 9.75. The molecule has 0 aromatic rings. The van der Waals surface area contributed by atoms with E-state index in [0.717, 1.165) is 12.8 Å². The van der Waals surface area contributed by atoms with E-state index in [1.165, 1.54) is 0 Å². The lowest BCUT2D eigenvalue weighted by Crippen LogP contribution is -2.27. The van der Waals surface area contributed by atoms with Gasteiger partial charge in [0, 0.05) is 0 Å². The molecule has 0 spiro atoms. The second kappa shape index (κ2) is 8.22. The fourth-order valence-electron chi connectivity index (χ4n) is 2.88. The van der Waals surface area contributed by atoms with Crippen molar-refractivity contribution in [3.8, 4) is 0 Å². The molecule has 4 atom stereocenters. The first-order chi connectivity index (χ1) is 8.56. The van der Waals surface area contributed by atoms with E-state index in [-0.39, 0.29) is 0 Å². The number of hydrogen-bond donors (Lipinski definition) is 1. The Labute approximate surface area is 118 Å². The van der Waals surface area contributed by atoms with Gasteiger partial charge in [0.15, 0.2) is 0 Å². The van der Waals surface area contributed by atoms with Crippen LogP contribution in [0.1, 0.15) is 60.8 Å². The molecule has 0 bridgehead atoms. The van der Waals surface area contributed by atoms with Crippen molar-refractivity contribution >= 4 is 10.4 Å². The maximum Gasteiger partial charge on any atom is 0.397 e. The minimum absolute atomic E-state index is 0.407. The highest BCUT2D eigenvalue weighted by atomic mass is 32.3. The fourth-order valence-corrected chi connectivity index (χ4v) is 3.37. The van der Waals surface area contributed by atoms with E-state index in [4.69, 9.17) is 4.55 Å². The standard InChI is InChI=1S/C14H30O4S/c1-7-11(4)14(12(5)8-10(2)3)9-13(6)18-19(15,16)17/h10-14H,7-9H2,1-6H3,(H,15,16,17). The average molecular weight is 294 g/mol. The molecular weight excluding hydrogens is 264 g/mol. The van der Waals surface area contributed by atoms with Crippen LogP contribution in [0.2, 0.25) is 0 Å². The largest absolute Gasteiger partial charge is 0.397 e. The Bertz CT molecular complexity index is 337. The molecule has 0 saturated carbocycles. The smallest absolute Gasteiger partial charge is 0.264 e. The van der Waals surface area contributed by atoms with Crippen LogP contribution in [0.3, 0.4) is 0 Å². The average Bonchev–Trinajstić information content (AvgIpc) is 2.21. The van der Waals surface area contributed by atoms with Crippen LogP contribution >= 0.6 is 0 Å². The quantitative estimate of drug-likeness (QED) is 0.654. The first-order valence-electron chi connectivity index (χ1n) is 7.22. The third kappa shape index (κ3) is 8.60. The molecule has 116 valence electrons. The molecule has 0 aromatic carbocycles. The van der Waals surface area contributed by atoms with Gasteiger partial charge in [0.25, 0.3) is 0 Å². The summed E-state index contributed by atoms with van der Waals surface area (Å²) in [7, 11) is -4.35. The Balaban J connectivity index is 4.68. The van der Waals surface area contributed by atoms with Crippen molar-refractivity contribution in [3.05, 3.63) is 0 Å². The molecule has 1 N–H and O–H groups in total. The van der Waals surface area contributed by atoms with Crippen LogP contribution in [0, 0.1) is 23.7 Å². The van der Waals surface area contributed by atoms with Crippen LogP contribution < -0.4 is 0 Å². The van der Waals surface area contributed by atoms with Crippen LogP contribution in [0.4, 0.5) is 0 Å². The van der Waals surface area contributed by atoms with E-state index >= 15 is 0 Å². The van der Waals surface area contributed by atoms with E-state index < -0.39 is 16.5 Å². The monoisotopic (exact) mass is 294 g/mol. The lowest BCUT2D eigenvalue weighted by Gasteiger charge is -2.32. The van der Waals surface area contributed by atoms with Gasteiger partial charge in [0.2, 0.25) is 0 Å².